The number of anilines is 1. The van der Waals surface area contributed by atoms with E-state index >= 15 is 0 Å². The average Bonchev–Trinajstić information content (AvgIpc) is 2.73. The first-order valence-corrected chi connectivity index (χ1v) is 12.8. The number of aromatic nitrogens is 4. The Labute approximate surface area is 195 Å². The number of thioether (sulfide) groups is 1. The molecule has 0 aliphatic rings. The largest absolute Gasteiger partial charge is 0.332 e. The number of hydrogen-bond acceptors (Lipinski definition) is 8. The van der Waals surface area contributed by atoms with Gasteiger partial charge in [0.05, 0.1) is 16.3 Å². The maximum absolute atomic E-state index is 12.9. The maximum Gasteiger partial charge on any atom is 0.332 e. The van der Waals surface area contributed by atoms with Crippen molar-refractivity contribution >= 4 is 44.2 Å². The summed E-state index contributed by atoms with van der Waals surface area (Å²) in [6, 6.07) is 6.11. The number of para-hydroxylation sites is 1. The lowest BCUT2D eigenvalue weighted by Crippen LogP contribution is -2.38. The number of hydrogen-bond donors (Lipinski definition) is 1. The van der Waals surface area contributed by atoms with Crippen LogP contribution in [0.3, 0.4) is 0 Å². The lowest BCUT2D eigenvalue weighted by molar-refractivity contribution is -0.113. The van der Waals surface area contributed by atoms with Gasteiger partial charge in [-0.05, 0) is 12.1 Å². The molecule has 176 valence electrons. The van der Waals surface area contributed by atoms with E-state index in [0.717, 1.165) is 22.6 Å². The normalized spacial score (nSPS) is 12.2. The molecule has 12 heteroatoms. The molecule has 0 aliphatic carbocycles. The molecule has 10 nitrogen and oxygen atoms in total. The lowest BCUT2D eigenvalue weighted by atomic mass is 9.96. The number of carbonyl (C=O) groups excluding carboxylic acids is 1. The van der Waals surface area contributed by atoms with E-state index < -0.39 is 32.4 Å². The highest BCUT2D eigenvalue weighted by molar-refractivity contribution is 8.00. The molecular formula is C21H25N5O5S2. The molecule has 3 rings (SSSR count). The molecule has 0 radical (unpaired) electrons. The Morgan fingerprint density at radius 2 is 1.73 bits per heavy atom. The molecule has 0 saturated heterocycles. The molecular weight excluding hydrogens is 466 g/mol. The second-order valence-corrected chi connectivity index (χ2v) is 11.6. The second-order valence-electron chi connectivity index (χ2n) is 8.61. The number of carbonyl (C=O) groups is 1. The van der Waals surface area contributed by atoms with Gasteiger partial charge in [-0.1, -0.05) is 44.7 Å². The summed E-state index contributed by atoms with van der Waals surface area (Å²) in [5.74, 6) is -0.190. The molecule has 3 aromatic rings. The molecule has 1 amide bonds. The Morgan fingerprint density at radius 1 is 1.09 bits per heavy atom. The topological polar surface area (TPSA) is 133 Å². The van der Waals surface area contributed by atoms with Crippen LogP contribution in [-0.2, 0) is 34.1 Å². The highest BCUT2D eigenvalue weighted by Gasteiger charge is 2.24. The van der Waals surface area contributed by atoms with Crippen LogP contribution in [0.1, 0.15) is 26.6 Å². The fraction of sp³-hybridized carbons (Fsp3) is 0.381. The van der Waals surface area contributed by atoms with Crippen LogP contribution in [-0.4, -0.2) is 45.4 Å². The summed E-state index contributed by atoms with van der Waals surface area (Å²) in [4.78, 5) is 46.9. The molecule has 1 aromatic carbocycles. The molecule has 2 heterocycles. The molecule has 0 fully saturated rings. The fourth-order valence-corrected chi connectivity index (χ4v) is 4.74. The third-order valence-electron chi connectivity index (χ3n) is 4.84. The van der Waals surface area contributed by atoms with Crippen molar-refractivity contribution in [3.63, 3.8) is 0 Å². The molecule has 0 spiro atoms. The Balaban J connectivity index is 2.02. The number of nitrogens with zero attached hydrogens (tertiary/aromatic N) is 4. The predicted molar refractivity (Wildman–Crippen MR) is 128 cm³/mol. The van der Waals surface area contributed by atoms with Crippen molar-refractivity contribution in [3.8, 4) is 0 Å². The van der Waals surface area contributed by atoms with Crippen molar-refractivity contribution < 1.29 is 13.2 Å². The average molecular weight is 492 g/mol. The lowest BCUT2D eigenvalue weighted by Gasteiger charge is -2.19. The number of benzene rings is 1. The minimum Gasteiger partial charge on any atom is -0.324 e. The Bertz CT molecular complexity index is 1480. The predicted octanol–water partition coefficient (Wildman–Crippen LogP) is 1.46. The van der Waals surface area contributed by atoms with Gasteiger partial charge in [-0.15, -0.1) is 0 Å². The van der Waals surface area contributed by atoms with Gasteiger partial charge in [0.25, 0.3) is 5.56 Å². The molecule has 0 bridgehead atoms. The summed E-state index contributed by atoms with van der Waals surface area (Å²) in [5.41, 5.74) is -1.19. The quantitative estimate of drug-likeness (QED) is 0.419. The molecule has 0 atom stereocenters. The van der Waals surface area contributed by atoms with E-state index in [1.54, 1.807) is 12.1 Å². The third-order valence-corrected chi connectivity index (χ3v) is 6.97. The van der Waals surface area contributed by atoms with Gasteiger partial charge < -0.3 is 5.32 Å². The summed E-state index contributed by atoms with van der Waals surface area (Å²) in [6.45, 7) is 5.70. The zero-order valence-electron chi connectivity index (χ0n) is 19.2. The Kier molecular flexibility index (Phi) is 6.53. The standard InChI is InChI=1S/C21H25N5O5S2/c1-21(2,3)19-23-16-15(18(28)26(5)20(29)25(16)4)17(24-19)32-11-14(27)22-12-9-7-8-10-13(12)33(6,30)31/h7-10H,11H2,1-6H3,(H,22,27). The summed E-state index contributed by atoms with van der Waals surface area (Å²) < 4.78 is 26.2. The van der Waals surface area contributed by atoms with Gasteiger partial charge in [-0.25, -0.2) is 23.2 Å². The van der Waals surface area contributed by atoms with Crippen LogP contribution < -0.4 is 16.6 Å². The molecule has 33 heavy (non-hydrogen) atoms. The SMILES string of the molecule is Cn1c(=O)c2c(SCC(=O)Nc3ccccc3S(C)(=O)=O)nc(C(C)(C)C)nc2n(C)c1=O. The van der Waals surface area contributed by atoms with Crippen LogP contribution in [0.25, 0.3) is 11.0 Å². The van der Waals surface area contributed by atoms with Crippen molar-refractivity contribution in [2.24, 2.45) is 14.1 Å². The van der Waals surface area contributed by atoms with E-state index in [0.29, 0.717) is 5.82 Å². The van der Waals surface area contributed by atoms with Crippen molar-refractivity contribution in [2.45, 2.75) is 36.1 Å². The first-order valence-electron chi connectivity index (χ1n) is 9.92. The molecule has 2 aromatic heterocycles. The monoisotopic (exact) mass is 491 g/mol. The number of sulfone groups is 1. The zero-order valence-corrected chi connectivity index (χ0v) is 20.8. The highest BCUT2D eigenvalue weighted by atomic mass is 32.2. The van der Waals surface area contributed by atoms with Crippen LogP contribution in [0.15, 0.2) is 43.8 Å². The van der Waals surface area contributed by atoms with E-state index in [1.165, 1.54) is 30.8 Å². The number of amides is 1. The molecule has 0 unspecified atom stereocenters. The van der Waals surface area contributed by atoms with Gasteiger partial charge in [0.15, 0.2) is 15.5 Å². The van der Waals surface area contributed by atoms with Gasteiger partial charge in [-0.2, -0.15) is 0 Å². The van der Waals surface area contributed by atoms with Crippen LogP contribution in [0.5, 0.6) is 0 Å². The van der Waals surface area contributed by atoms with E-state index in [4.69, 9.17) is 0 Å². The van der Waals surface area contributed by atoms with Crippen LogP contribution in [0.2, 0.25) is 0 Å². The van der Waals surface area contributed by atoms with E-state index in [2.05, 4.69) is 15.3 Å². The molecule has 0 saturated carbocycles. The second kappa shape index (κ2) is 8.75. The van der Waals surface area contributed by atoms with Crippen molar-refractivity contribution in [2.75, 3.05) is 17.3 Å². The van der Waals surface area contributed by atoms with Gasteiger partial charge in [0.2, 0.25) is 5.91 Å². The van der Waals surface area contributed by atoms with Crippen molar-refractivity contribution in [1.29, 1.82) is 0 Å². The van der Waals surface area contributed by atoms with Gasteiger partial charge in [-0.3, -0.25) is 18.7 Å². The third kappa shape index (κ3) is 5.01. The number of aryl methyl sites for hydroxylation is 1. The van der Waals surface area contributed by atoms with Crippen LogP contribution in [0, 0.1) is 0 Å². The number of nitrogens with one attached hydrogen (secondary N) is 1. The summed E-state index contributed by atoms with van der Waals surface area (Å²) in [5, 5.41) is 3.02. The molecule has 0 aliphatic heterocycles. The zero-order chi connectivity index (χ0) is 24.7. The Morgan fingerprint density at radius 3 is 2.33 bits per heavy atom. The number of rotatable bonds is 5. The fourth-order valence-electron chi connectivity index (χ4n) is 3.08. The first-order chi connectivity index (χ1) is 15.2. The van der Waals surface area contributed by atoms with Crippen LogP contribution in [0.4, 0.5) is 5.69 Å². The van der Waals surface area contributed by atoms with E-state index in [9.17, 15) is 22.8 Å². The van der Waals surface area contributed by atoms with Gasteiger partial charge in [0.1, 0.15) is 16.2 Å². The highest BCUT2D eigenvalue weighted by Crippen LogP contribution is 2.27. The van der Waals surface area contributed by atoms with E-state index in [1.807, 2.05) is 20.8 Å². The van der Waals surface area contributed by atoms with Crippen molar-refractivity contribution in [3.05, 3.63) is 50.9 Å². The first kappa shape index (κ1) is 24.6. The molecule has 1 N–H and O–H groups in total. The van der Waals surface area contributed by atoms with Gasteiger partial charge >= 0.3 is 5.69 Å². The van der Waals surface area contributed by atoms with Gasteiger partial charge in [0, 0.05) is 25.8 Å². The van der Waals surface area contributed by atoms with E-state index in [-0.39, 0.29) is 32.4 Å². The smallest absolute Gasteiger partial charge is 0.324 e. The number of fused-ring (bicyclic) bond motifs is 1. The van der Waals surface area contributed by atoms with Crippen LogP contribution >= 0.6 is 11.8 Å². The van der Waals surface area contributed by atoms with Crippen molar-refractivity contribution in [1.82, 2.24) is 19.1 Å². The Hall–Kier alpha value is -2.99. The maximum atomic E-state index is 12.9. The minimum absolute atomic E-state index is 0.00900. The summed E-state index contributed by atoms with van der Waals surface area (Å²) in [6.07, 6.45) is 1.06. The summed E-state index contributed by atoms with van der Waals surface area (Å²) >= 11 is 1.02. The summed E-state index contributed by atoms with van der Waals surface area (Å²) in [7, 11) is -0.648. The minimum atomic E-state index is -3.53.